The van der Waals surface area contributed by atoms with Crippen LogP contribution in [0.15, 0.2) is 67.0 Å². The first-order chi connectivity index (χ1) is 16.1. The van der Waals surface area contributed by atoms with E-state index in [0.717, 1.165) is 5.56 Å². The molecule has 5 rings (SSSR count). The van der Waals surface area contributed by atoms with Gasteiger partial charge in [0.2, 0.25) is 5.82 Å². The van der Waals surface area contributed by atoms with Crippen molar-refractivity contribution in [3.63, 3.8) is 0 Å². The highest BCUT2D eigenvalue weighted by molar-refractivity contribution is 6.31. The van der Waals surface area contributed by atoms with Crippen molar-refractivity contribution < 1.29 is 4.79 Å². The predicted molar refractivity (Wildman–Crippen MR) is 122 cm³/mol. The molecule has 0 aliphatic rings. The molecule has 3 heterocycles. The highest BCUT2D eigenvalue weighted by Gasteiger charge is 2.16. The summed E-state index contributed by atoms with van der Waals surface area (Å²) >= 11 is 6.14. The number of nitrogens with one attached hydrogen (secondary N) is 2. The lowest BCUT2D eigenvalue weighted by atomic mass is 10.1. The fraction of sp³-hybridized carbons (Fsp3) is 0.0455. The minimum absolute atomic E-state index is 0.355. The monoisotopic (exact) mass is 457 g/mol. The number of rotatable bonds is 5. The SMILES string of the molecule is Cc1nc(-c2ccccc2)ncc1C(=O)Nc1ccn(-c2ccc(Cl)cc2-c2nn[nH]n2)n1. The molecule has 0 fully saturated rings. The molecule has 0 spiro atoms. The third kappa shape index (κ3) is 4.19. The maximum absolute atomic E-state index is 12.8. The smallest absolute Gasteiger partial charge is 0.260 e. The van der Waals surface area contributed by atoms with Gasteiger partial charge in [0, 0.05) is 29.0 Å². The Morgan fingerprint density at radius 1 is 1.09 bits per heavy atom. The van der Waals surface area contributed by atoms with Crippen LogP contribution in [0.2, 0.25) is 5.02 Å². The van der Waals surface area contributed by atoms with E-state index in [-0.39, 0.29) is 5.91 Å². The molecule has 2 N–H and O–H groups in total. The quantitative estimate of drug-likeness (QED) is 0.411. The largest absolute Gasteiger partial charge is 0.305 e. The molecule has 0 saturated carbocycles. The van der Waals surface area contributed by atoms with Crippen LogP contribution in [-0.4, -0.2) is 46.3 Å². The number of carbonyl (C=O) groups excluding carboxylic acids is 1. The van der Waals surface area contributed by atoms with Gasteiger partial charge >= 0.3 is 0 Å². The normalized spacial score (nSPS) is 10.8. The molecule has 0 aliphatic heterocycles. The van der Waals surface area contributed by atoms with Crippen LogP contribution in [0.4, 0.5) is 5.82 Å². The molecule has 0 radical (unpaired) electrons. The van der Waals surface area contributed by atoms with Gasteiger partial charge in [0.25, 0.3) is 5.91 Å². The van der Waals surface area contributed by atoms with Crippen LogP contribution in [0, 0.1) is 6.92 Å². The van der Waals surface area contributed by atoms with Crippen molar-refractivity contribution in [3.8, 4) is 28.5 Å². The molecule has 2 aromatic carbocycles. The second-order valence-electron chi connectivity index (χ2n) is 7.06. The molecule has 162 valence electrons. The van der Waals surface area contributed by atoms with E-state index < -0.39 is 0 Å². The molecule has 0 bridgehead atoms. The predicted octanol–water partition coefficient (Wildman–Crippen LogP) is 3.72. The molecule has 0 atom stereocenters. The van der Waals surface area contributed by atoms with E-state index in [1.165, 1.54) is 6.20 Å². The maximum atomic E-state index is 12.8. The lowest BCUT2D eigenvalue weighted by Gasteiger charge is -2.08. The number of amides is 1. The Morgan fingerprint density at radius 2 is 1.94 bits per heavy atom. The molecule has 1 amide bonds. The topological polar surface area (TPSA) is 127 Å². The third-order valence-corrected chi connectivity index (χ3v) is 5.11. The Kier molecular flexibility index (Phi) is 5.33. The van der Waals surface area contributed by atoms with Crippen LogP contribution in [0.25, 0.3) is 28.5 Å². The molecule has 33 heavy (non-hydrogen) atoms. The van der Waals surface area contributed by atoms with Gasteiger partial charge in [-0.25, -0.2) is 14.6 Å². The molecule has 5 aromatic rings. The summed E-state index contributed by atoms with van der Waals surface area (Å²) in [6, 6.07) is 16.5. The van der Waals surface area contributed by atoms with Gasteiger partial charge in [0.15, 0.2) is 11.6 Å². The number of hydrogen-bond acceptors (Lipinski definition) is 7. The number of aromatic amines is 1. The zero-order valence-corrected chi connectivity index (χ0v) is 18.0. The van der Waals surface area contributed by atoms with E-state index in [1.807, 2.05) is 30.3 Å². The van der Waals surface area contributed by atoms with Crippen LogP contribution < -0.4 is 5.32 Å². The summed E-state index contributed by atoms with van der Waals surface area (Å²) in [5.74, 6) is 0.943. The van der Waals surface area contributed by atoms with Crippen molar-refractivity contribution in [1.82, 2.24) is 40.4 Å². The van der Waals surface area contributed by atoms with Gasteiger partial charge in [-0.3, -0.25) is 4.79 Å². The molecule has 11 heteroatoms. The average Bonchev–Trinajstić information content (AvgIpc) is 3.52. The highest BCUT2D eigenvalue weighted by Crippen LogP contribution is 2.27. The van der Waals surface area contributed by atoms with Crippen molar-refractivity contribution in [2.24, 2.45) is 0 Å². The summed E-state index contributed by atoms with van der Waals surface area (Å²) in [5, 5.41) is 21.8. The Hall–Kier alpha value is -4.44. The van der Waals surface area contributed by atoms with E-state index in [0.29, 0.717) is 45.0 Å². The lowest BCUT2D eigenvalue weighted by molar-refractivity contribution is 0.102. The second kappa shape index (κ2) is 8.60. The third-order valence-electron chi connectivity index (χ3n) is 4.88. The first-order valence-corrected chi connectivity index (χ1v) is 10.3. The van der Waals surface area contributed by atoms with E-state index in [2.05, 4.69) is 41.0 Å². The van der Waals surface area contributed by atoms with Gasteiger partial charge in [-0.15, -0.1) is 10.2 Å². The van der Waals surface area contributed by atoms with E-state index >= 15 is 0 Å². The first kappa shape index (κ1) is 20.5. The lowest BCUT2D eigenvalue weighted by Crippen LogP contribution is -2.15. The van der Waals surface area contributed by atoms with Gasteiger partial charge in [-0.2, -0.15) is 10.3 Å². The fourth-order valence-corrected chi connectivity index (χ4v) is 3.46. The number of benzene rings is 2. The van der Waals surface area contributed by atoms with Crippen molar-refractivity contribution in [3.05, 3.63) is 83.3 Å². The minimum Gasteiger partial charge on any atom is -0.305 e. The van der Waals surface area contributed by atoms with Crippen molar-refractivity contribution in [1.29, 1.82) is 0 Å². The molecule has 0 unspecified atom stereocenters. The van der Waals surface area contributed by atoms with Gasteiger partial charge in [-0.1, -0.05) is 41.9 Å². The second-order valence-corrected chi connectivity index (χ2v) is 7.49. The van der Waals surface area contributed by atoms with Crippen LogP contribution in [-0.2, 0) is 0 Å². The summed E-state index contributed by atoms with van der Waals surface area (Å²) < 4.78 is 1.60. The molecule has 0 saturated heterocycles. The van der Waals surface area contributed by atoms with Crippen LogP contribution in [0.3, 0.4) is 0 Å². The Bertz CT molecular complexity index is 1430. The van der Waals surface area contributed by atoms with Gasteiger partial charge in [-0.05, 0) is 30.3 Å². The summed E-state index contributed by atoms with van der Waals surface area (Å²) in [6.07, 6.45) is 3.23. The number of aromatic nitrogens is 8. The van der Waals surface area contributed by atoms with Gasteiger partial charge < -0.3 is 5.32 Å². The van der Waals surface area contributed by atoms with Crippen molar-refractivity contribution in [2.75, 3.05) is 5.32 Å². The van der Waals surface area contributed by atoms with Crippen LogP contribution >= 0.6 is 11.6 Å². The maximum Gasteiger partial charge on any atom is 0.260 e. The molecule has 0 aliphatic carbocycles. The molecule has 10 nitrogen and oxygen atoms in total. The number of aryl methyl sites for hydroxylation is 1. The number of carbonyl (C=O) groups is 1. The molecule has 3 aromatic heterocycles. The van der Waals surface area contributed by atoms with Crippen molar-refractivity contribution in [2.45, 2.75) is 6.92 Å². The van der Waals surface area contributed by atoms with Gasteiger partial charge in [0.05, 0.1) is 22.5 Å². The number of hydrogen-bond donors (Lipinski definition) is 2. The Morgan fingerprint density at radius 3 is 2.70 bits per heavy atom. The Labute approximate surface area is 192 Å². The van der Waals surface area contributed by atoms with Crippen LogP contribution in [0.1, 0.15) is 16.1 Å². The summed E-state index contributed by atoms with van der Waals surface area (Å²) in [4.78, 5) is 21.7. The molecular weight excluding hydrogens is 442 g/mol. The number of nitrogens with zero attached hydrogens (tertiary/aromatic N) is 7. The van der Waals surface area contributed by atoms with Crippen LogP contribution in [0.5, 0.6) is 0 Å². The summed E-state index contributed by atoms with van der Waals surface area (Å²) in [6.45, 7) is 1.77. The minimum atomic E-state index is -0.355. The fourth-order valence-electron chi connectivity index (χ4n) is 3.29. The summed E-state index contributed by atoms with van der Waals surface area (Å²) in [7, 11) is 0. The van der Waals surface area contributed by atoms with E-state index in [1.54, 1.807) is 42.1 Å². The Balaban J connectivity index is 1.39. The first-order valence-electron chi connectivity index (χ1n) is 9.88. The zero-order valence-electron chi connectivity index (χ0n) is 17.3. The number of halogens is 1. The number of anilines is 1. The van der Waals surface area contributed by atoms with Crippen molar-refractivity contribution >= 4 is 23.3 Å². The standard InChI is InChI=1S/C22H16ClN9O/c1-13-17(12-24-20(25-13)14-5-3-2-4-6-14)22(33)26-19-9-10-32(29-19)18-8-7-15(23)11-16(18)21-27-30-31-28-21/h2-12H,1H3,(H,26,29,33)(H,27,28,30,31). The average molecular weight is 458 g/mol. The summed E-state index contributed by atoms with van der Waals surface area (Å²) in [5.41, 5.74) is 3.12. The van der Waals surface area contributed by atoms with Gasteiger partial charge in [0.1, 0.15) is 0 Å². The highest BCUT2D eigenvalue weighted by atomic mass is 35.5. The molecular formula is C22H16ClN9O. The number of H-pyrrole nitrogens is 1. The van der Waals surface area contributed by atoms with E-state index in [4.69, 9.17) is 11.6 Å². The number of tetrazole rings is 1. The zero-order chi connectivity index (χ0) is 22.8. The van der Waals surface area contributed by atoms with E-state index in [9.17, 15) is 4.79 Å².